The number of rotatable bonds is 4. The number of phosphoric ester groups is 2. The minimum atomic E-state index is -5.06. The number of nitrogens with two attached hydrogens (primary N) is 2. The Morgan fingerprint density at radius 3 is 2.26 bits per heavy atom. The van der Waals surface area contributed by atoms with Crippen molar-refractivity contribution in [2.45, 2.75) is 49.4 Å². The molecule has 4 aromatic heterocycles. The van der Waals surface area contributed by atoms with E-state index in [0.29, 0.717) is 0 Å². The maximum absolute atomic E-state index is 13.4. The molecule has 2 bridgehead atoms. The van der Waals surface area contributed by atoms with E-state index >= 15 is 0 Å². The van der Waals surface area contributed by atoms with Crippen LogP contribution in [0.15, 0.2) is 23.8 Å². The number of aromatic nitrogens is 8. The number of H-pyrrole nitrogens is 1. The summed E-state index contributed by atoms with van der Waals surface area (Å²) in [6, 6.07) is 0. The highest BCUT2D eigenvalue weighted by molar-refractivity contribution is 7.47. The Balaban J connectivity index is 1.23. The van der Waals surface area contributed by atoms with Crippen molar-refractivity contribution in [3.8, 4) is 0 Å². The largest absolute Gasteiger partial charge is 0.472 e. The predicted octanol–water partition coefficient (Wildman–Crippen LogP) is -1.70. The van der Waals surface area contributed by atoms with Gasteiger partial charge in [-0.25, -0.2) is 29.1 Å². The number of ether oxygens (including phenoxy) is 2. The number of nitrogens with zero attached hydrogens (tertiary/aromatic N) is 7. The van der Waals surface area contributed by atoms with Crippen LogP contribution in [0.5, 0.6) is 0 Å². The summed E-state index contributed by atoms with van der Waals surface area (Å²) in [6.45, 7) is -1.92. The lowest BCUT2D eigenvalue weighted by Crippen LogP contribution is -2.36. The zero-order valence-electron chi connectivity index (χ0n) is 23.8. The first-order valence-electron chi connectivity index (χ1n) is 13.9. The molecule has 254 valence electrons. The standard InChI is InChI=1S/C22H28N10O13P2/c23-16-11-17(26-5-25-16)31(6-27-11)20-13(34)15-10(43-20)4-41-46(36,37)44-14-8(1-2-33)9(3-40-47(38,39)45-15)42-21(14)32-7-28-12-18(32)29-22(24)30-19(12)35/h5-10,13-15,20-21,33-34H,1-4H2,(H,36,37)(H,38,39)(H2,23,25,26)(H3,24,29,30,35)/t8?,9-,10-,13?,14?,15?,20-,21-/m1/s1. The summed E-state index contributed by atoms with van der Waals surface area (Å²) in [4.78, 5) is 56.5. The summed E-state index contributed by atoms with van der Waals surface area (Å²) in [7, 11) is -10.1. The number of anilines is 2. The van der Waals surface area contributed by atoms with Gasteiger partial charge in [0.1, 0.15) is 36.3 Å². The molecule has 25 heteroatoms. The van der Waals surface area contributed by atoms with Crippen LogP contribution >= 0.6 is 15.6 Å². The van der Waals surface area contributed by atoms with Crippen LogP contribution in [0.25, 0.3) is 22.3 Å². The lowest BCUT2D eigenvalue weighted by atomic mass is 9.95. The quantitative estimate of drug-likeness (QED) is 0.116. The van der Waals surface area contributed by atoms with Crippen molar-refractivity contribution in [1.82, 2.24) is 39.0 Å². The summed E-state index contributed by atoms with van der Waals surface area (Å²) >= 11 is 0. The van der Waals surface area contributed by atoms with Gasteiger partial charge in [-0.15, -0.1) is 0 Å². The van der Waals surface area contributed by atoms with Crippen LogP contribution in [0.2, 0.25) is 0 Å². The highest BCUT2D eigenvalue weighted by Crippen LogP contribution is 2.55. The molecule has 3 fully saturated rings. The van der Waals surface area contributed by atoms with E-state index in [9.17, 15) is 33.9 Å². The molecule has 0 radical (unpaired) electrons. The Bertz CT molecular complexity index is 1970. The Morgan fingerprint density at radius 1 is 0.894 bits per heavy atom. The van der Waals surface area contributed by atoms with Crippen molar-refractivity contribution < 1.29 is 56.7 Å². The number of phosphoric acid groups is 2. The maximum Gasteiger partial charge on any atom is 0.472 e. The molecule has 0 aromatic carbocycles. The van der Waals surface area contributed by atoms with Gasteiger partial charge in [0.25, 0.3) is 5.56 Å². The number of nitrogen functional groups attached to an aromatic ring is 2. The Hall–Kier alpha value is -3.44. The van der Waals surface area contributed by atoms with Crippen molar-refractivity contribution in [2.24, 2.45) is 5.92 Å². The fourth-order valence-electron chi connectivity index (χ4n) is 5.90. The Kier molecular flexibility index (Phi) is 8.14. The van der Waals surface area contributed by atoms with Gasteiger partial charge in [0.2, 0.25) is 5.95 Å². The molecule has 9 N–H and O–H groups in total. The third-order valence-electron chi connectivity index (χ3n) is 7.97. The SMILES string of the molecule is Nc1nc2c(ncn2[C@@H]2O[C@@H]3COP(=O)(O)OC4C(O)[C@H](n5cnc6c(N)ncnc65)O[C@@H]4COP(=O)(O)OC2C3CCO)c(=O)[nH]1. The van der Waals surface area contributed by atoms with E-state index in [2.05, 4.69) is 29.9 Å². The number of hydrogen-bond donors (Lipinski definition) is 7. The molecule has 6 unspecified atom stereocenters. The van der Waals surface area contributed by atoms with E-state index in [0.717, 1.165) is 12.7 Å². The van der Waals surface area contributed by atoms with Gasteiger partial charge in [-0.05, 0) is 6.42 Å². The molecule has 3 saturated heterocycles. The second-order valence-electron chi connectivity index (χ2n) is 10.8. The third-order valence-corrected chi connectivity index (χ3v) is 9.94. The van der Waals surface area contributed by atoms with E-state index in [-0.39, 0.29) is 40.5 Å². The number of imidazole rings is 2. The Labute approximate surface area is 261 Å². The number of nitrogens with one attached hydrogen (secondary N) is 1. The first kappa shape index (κ1) is 32.1. The normalized spacial score (nSPS) is 36.6. The molecule has 23 nitrogen and oxygen atoms in total. The lowest BCUT2D eigenvalue weighted by Gasteiger charge is -2.26. The van der Waals surface area contributed by atoms with E-state index in [1.165, 1.54) is 15.5 Å². The van der Waals surface area contributed by atoms with Crippen molar-refractivity contribution in [2.75, 3.05) is 31.3 Å². The molecule has 3 aliphatic heterocycles. The minimum Gasteiger partial charge on any atom is -0.396 e. The number of hydrogen-bond acceptors (Lipinski definition) is 18. The highest BCUT2D eigenvalue weighted by Gasteiger charge is 2.54. The molecule has 7 heterocycles. The summed E-state index contributed by atoms with van der Waals surface area (Å²) < 4.78 is 62.7. The Morgan fingerprint density at radius 2 is 1.53 bits per heavy atom. The summed E-state index contributed by atoms with van der Waals surface area (Å²) in [5, 5.41) is 21.0. The lowest BCUT2D eigenvalue weighted by molar-refractivity contribution is -0.0671. The van der Waals surface area contributed by atoms with E-state index in [1.54, 1.807) is 0 Å². The summed E-state index contributed by atoms with van der Waals surface area (Å²) in [5.41, 5.74) is 11.0. The van der Waals surface area contributed by atoms with Gasteiger partial charge in [-0.3, -0.25) is 37.0 Å². The highest BCUT2D eigenvalue weighted by atomic mass is 31.2. The molecule has 0 amide bonds. The van der Waals surface area contributed by atoms with E-state index in [4.69, 9.17) is 39.0 Å². The number of aliphatic hydroxyl groups is 2. The molecule has 7 rings (SSSR count). The minimum absolute atomic E-state index is 0.0411. The molecule has 3 aliphatic rings. The van der Waals surface area contributed by atoms with Crippen LogP contribution in [0.4, 0.5) is 11.8 Å². The van der Waals surface area contributed by atoms with Crippen LogP contribution in [0.3, 0.4) is 0 Å². The second kappa shape index (κ2) is 11.9. The van der Waals surface area contributed by atoms with Gasteiger partial charge in [-0.2, -0.15) is 4.98 Å². The smallest absolute Gasteiger partial charge is 0.396 e. The van der Waals surface area contributed by atoms with Gasteiger partial charge in [-0.1, -0.05) is 0 Å². The molecular weight excluding hydrogens is 674 g/mol. The van der Waals surface area contributed by atoms with Crippen LogP contribution in [0.1, 0.15) is 18.9 Å². The van der Waals surface area contributed by atoms with Crippen LogP contribution in [-0.4, -0.2) is 109 Å². The van der Waals surface area contributed by atoms with Gasteiger partial charge in [0, 0.05) is 12.5 Å². The van der Waals surface area contributed by atoms with Crippen molar-refractivity contribution in [3.05, 3.63) is 29.3 Å². The average molecular weight is 702 g/mol. The van der Waals surface area contributed by atoms with Gasteiger partial charge in [0.15, 0.2) is 35.1 Å². The maximum atomic E-state index is 13.4. The first-order valence-corrected chi connectivity index (χ1v) is 16.9. The average Bonchev–Trinajstić information content (AvgIpc) is 3.76. The summed E-state index contributed by atoms with van der Waals surface area (Å²) in [5.74, 6) is -1.17. The molecule has 10 atom stereocenters. The van der Waals surface area contributed by atoms with Crippen molar-refractivity contribution in [3.63, 3.8) is 0 Å². The molecule has 47 heavy (non-hydrogen) atoms. The second-order valence-corrected chi connectivity index (χ2v) is 13.6. The van der Waals surface area contributed by atoms with Crippen LogP contribution in [-0.2, 0) is 36.7 Å². The zero-order chi connectivity index (χ0) is 33.2. The van der Waals surface area contributed by atoms with Crippen molar-refractivity contribution >= 4 is 49.7 Å². The summed E-state index contributed by atoms with van der Waals surface area (Å²) in [6.07, 6.45) is -6.62. The number of fused-ring (bicyclic) bond motifs is 5. The molecule has 4 aromatic rings. The fraction of sp³-hybridized carbons (Fsp3) is 0.545. The number of aromatic amines is 1. The fourth-order valence-corrected chi connectivity index (χ4v) is 7.83. The monoisotopic (exact) mass is 702 g/mol. The third kappa shape index (κ3) is 5.83. The molecule has 0 aliphatic carbocycles. The number of aliphatic hydroxyl groups excluding tert-OH is 2. The van der Waals surface area contributed by atoms with Crippen LogP contribution < -0.4 is 17.0 Å². The predicted molar refractivity (Wildman–Crippen MR) is 153 cm³/mol. The molecule has 0 saturated carbocycles. The van der Waals surface area contributed by atoms with Gasteiger partial charge in [0.05, 0.1) is 32.0 Å². The van der Waals surface area contributed by atoms with E-state index in [1.807, 2.05) is 0 Å². The molecular formula is C22H28N10O13P2. The van der Waals surface area contributed by atoms with Gasteiger partial charge < -0.3 is 40.9 Å². The zero-order valence-corrected chi connectivity index (χ0v) is 25.6. The molecule has 0 spiro atoms. The van der Waals surface area contributed by atoms with Crippen molar-refractivity contribution in [1.29, 1.82) is 0 Å². The van der Waals surface area contributed by atoms with Gasteiger partial charge >= 0.3 is 15.6 Å². The van der Waals surface area contributed by atoms with E-state index < -0.39 is 89.9 Å². The first-order chi connectivity index (χ1) is 22.4. The topological polar surface area (TPSA) is 330 Å². The van der Waals surface area contributed by atoms with Crippen LogP contribution in [0, 0.1) is 5.92 Å².